The average Bonchev–Trinajstić information content (AvgIpc) is 2.91. The van der Waals surface area contributed by atoms with Gasteiger partial charge in [-0.1, -0.05) is 11.6 Å². The molecule has 2 atom stereocenters. The number of carbonyl (C=O) groups excluding carboxylic acids is 1. The fraction of sp³-hybridized carbons (Fsp3) is 0.438. The normalized spacial score (nSPS) is 29.8. The number of ketones is 1. The summed E-state index contributed by atoms with van der Waals surface area (Å²) in [6.45, 7) is 0. The molecule has 1 spiro atoms. The SMILES string of the molecule is Nc1cc2c(cc1Cl)C1=C(C(F)(F)F)C(=O)[C@H]3CC[C@]1(C2)C3. The second-order valence-corrected chi connectivity index (χ2v) is 6.95. The van der Waals surface area contributed by atoms with Crippen LogP contribution < -0.4 is 5.73 Å². The molecular formula is C16H13ClF3NO. The molecule has 1 fully saturated rings. The van der Waals surface area contributed by atoms with Crippen molar-refractivity contribution in [2.75, 3.05) is 5.73 Å². The summed E-state index contributed by atoms with van der Waals surface area (Å²) >= 11 is 6.01. The molecule has 0 amide bonds. The van der Waals surface area contributed by atoms with Crippen LogP contribution in [0.15, 0.2) is 17.7 Å². The van der Waals surface area contributed by atoms with Gasteiger partial charge in [-0.2, -0.15) is 13.2 Å². The van der Waals surface area contributed by atoms with Crippen molar-refractivity contribution in [3.63, 3.8) is 0 Å². The van der Waals surface area contributed by atoms with Gasteiger partial charge in [0.25, 0.3) is 0 Å². The lowest BCUT2D eigenvalue weighted by Crippen LogP contribution is -2.34. The zero-order valence-electron chi connectivity index (χ0n) is 11.6. The monoisotopic (exact) mass is 327 g/mol. The molecule has 116 valence electrons. The van der Waals surface area contributed by atoms with Gasteiger partial charge >= 0.3 is 6.18 Å². The number of halogens is 4. The van der Waals surface area contributed by atoms with E-state index < -0.39 is 28.9 Å². The molecule has 2 nitrogen and oxygen atoms in total. The molecule has 22 heavy (non-hydrogen) atoms. The van der Waals surface area contributed by atoms with Gasteiger partial charge in [0.2, 0.25) is 0 Å². The van der Waals surface area contributed by atoms with Gasteiger partial charge in [0.1, 0.15) is 5.57 Å². The number of allylic oxidation sites excluding steroid dienone is 2. The van der Waals surface area contributed by atoms with Crippen LogP contribution in [0.4, 0.5) is 18.9 Å². The Labute approximate surface area is 130 Å². The van der Waals surface area contributed by atoms with Gasteiger partial charge in [0.05, 0.1) is 10.7 Å². The van der Waals surface area contributed by atoms with E-state index in [0.29, 0.717) is 36.9 Å². The standard InChI is InChI=1S/C16H13ClF3NO/c17-10-4-9-8(3-11(10)21)6-15-2-1-7(5-15)14(22)13(12(9)15)16(18,19)20/h3-4,7H,1-2,5-6,21H2/t7-,15+/m0/s1. The first-order valence-corrected chi connectivity index (χ1v) is 7.55. The number of fused-ring (bicyclic) bond motifs is 3. The molecule has 0 radical (unpaired) electrons. The van der Waals surface area contributed by atoms with Crippen molar-refractivity contribution in [1.82, 2.24) is 0 Å². The third-order valence-corrected chi connectivity index (χ3v) is 5.64. The summed E-state index contributed by atoms with van der Waals surface area (Å²) in [7, 11) is 0. The molecule has 4 rings (SSSR count). The topological polar surface area (TPSA) is 43.1 Å². The van der Waals surface area contributed by atoms with Gasteiger partial charge in [0, 0.05) is 11.3 Å². The van der Waals surface area contributed by atoms with E-state index in [-0.39, 0.29) is 10.6 Å². The zero-order valence-corrected chi connectivity index (χ0v) is 12.3. The molecule has 1 aromatic carbocycles. The molecule has 6 heteroatoms. The number of Topliss-reactive ketones (excluding diaryl/α,β-unsaturated/α-hetero) is 1. The smallest absolute Gasteiger partial charge is 0.398 e. The first-order valence-electron chi connectivity index (χ1n) is 7.17. The van der Waals surface area contributed by atoms with Crippen LogP contribution in [0.3, 0.4) is 0 Å². The van der Waals surface area contributed by atoms with Gasteiger partial charge < -0.3 is 5.73 Å². The first-order chi connectivity index (χ1) is 10.2. The summed E-state index contributed by atoms with van der Waals surface area (Å²) in [5.41, 5.74) is 6.02. The van der Waals surface area contributed by atoms with E-state index in [1.165, 1.54) is 6.07 Å². The maximum absolute atomic E-state index is 13.5. The predicted molar refractivity (Wildman–Crippen MR) is 77.3 cm³/mol. The highest BCUT2D eigenvalue weighted by Gasteiger charge is 2.59. The molecular weight excluding hydrogens is 315 g/mol. The predicted octanol–water partition coefficient (Wildman–Crippen LogP) is 4.16. The van der Waals surface area contributed by atoms with E-state index >= 15 is 0 Å². The van der Waals surface area contributed by atoms with Crippen molar-refractivity contribution in [2.24, 2.45) is 11.3 Å². The summed E-state index contributed by atoms with van der Waals surface area (Å²) in [6, 6.07) is 3.15. The van der Waals surface area contributed by atoms with Gasteiger partial charge in [-0.3, -0.25) is 4.79 Å². The second kappa shape index (κ2) is 4.07. The van der Waals surface area contributed by atoms with Crippen molar-refractivity contribution < 1.29 is 18.0 Å². The zero-order chi connectivity index (χ0) is 15.9. The van der Waals surface area contributed by atoms with E-state index in [2.05, 4.69) is 0 Å². The largest absolute Gasteiger partial charge is 0.420 e. The van der Waals surface area contributed by atoms with Gasteiger partial charge in [-0.15, -0.1) is 0 Å². The minimum atomic E-state index is -4.63. The van der Waals surface area contributed by atoms with Crippen LogP contribution in [-0.2, 0) is 11.2 Å². The average molecular weight is 328 g/mol. The van der Waals surface area contributed by atoms with Crippen LogP contribution in [0.25, 0.3) is 5.57 Å². The molecule has 0 aliphatic heterocycles. The number of rotatable bonds is 0. The molecule has 1 aromatic rings. The Hall–Kier alpha value is -1.49. The quantitative estimate of drug-likeness (QED) is 0.727. The van der Waals surface area contributed by atoms with Crippen LogP contribution >= 0.6 is 11.6 Å². The van der Waals surface area contributed by atoms with Crippen LogP contribution in [0.1, 0.15) is 30.4 Å². The molecule has 3 aliphatic carbocycles. The van der Waals surface area contributed by atoms with E-state index in [1.54, 1.807) is 6.07 Å². The number of carbonyl (C=O) groups is 1. The van der Waals surface area contributed by atoms with Gasteiger partial charge in [0.15, 0.2) is 5.78 Å². The second-order valence-electron chi connectivity index (χ2n) is 6.54. The van der Waals surface area contributed by atoms with Crippen LogP contribution in [0.5, 0.6) is 0 Å². The van der Waals surface area contributed by atoms with E-state index in [4.69, 9.17) is 17.3 Å². The third kappa shape index (κ3) is 1.66. The summed E-state index contributed by atoms with van der Waals surface area (Å²) < 4.78 is 40.6. The minimum absolute atomic E-state index is 0.163. The molecule has 0 heterocycles. The minimum Gasteiger partial charge on any atom is -0.398 e. The molecule has 2 bridgehead atoms. The summed E-state index contributed by atoms with van der Waals surface area (Å²) in [6.07, 6.45) is -2.46. The highest BCUT2D eigenvalue weighted by molar-refractivity contribution is 6.33. The van der Waals surface area contributed by atoms with Crippen molar-refractivity contribution in [3.05, 3.63) is 33.9 Å². The molecule has 3 aliphatic rings. The number of alkyl halides is 3. The summed E-state index contributed by atoms with van der Waals surface area (Å²) in [5.74, 6) is -1.25. The lowest BCUT2D eigenvalue weighted by atomic mass is 9.71. The Kier molecular flexibility index (Phi) is 2.62. The molecule has 0 aromatic heterocycles. The van der Waals surface area contributed by atoms with Crippen LogP contribution in [-0.4, -0.2) is 12.0 Å². The van der Waals surface area contributed by atoms with Crippen LogP contribution in [0, 0.1) is 11.3 Å². The molecule has 0 unspecified atom stereocenters. The Balaban J connectivity index is 2.06. The first kappa shape index (κ1) is 14.1. The third-order valence-electron chi connectivity index (χ3n) is 5.31. The number of nitrogens with two attached hydrogens (primary N) is 1. The molecule has 2 N–H and O–H groups in total. The maximum Gasteiger partial charge on any atom is 0.420 e. The summed E-state index contributed by atoms with van der Waals surface area (Å²) in [5, 5.41) is 0.234. The van der Waals surface area contributed by atoms with Gasteiger partial charge in [-0.25, -0.2) is 0 Å². The Morgan fingerprint density at radius 3 is 2.73 bits per heavy atom. The van der Waals surface area contributed by atoms with Crippen LogP contribution in [0.2, 0.25) is 5.02 Å². The Morgan fingerprint density at radius 1 is 1.32 bits per heavy atom. The number of nitrogen functional groups attached to an aromatic ring is 1. The molecule has 1 saturated carbocycles. The van der Waals surface area contributed by atoms with Crippen molar-refractivity contribution in [1.29, 1.82) is 0 Å². The van der Waals surface area contributed by atoms with Crippen molar-refractivity contribution >= 4 is 28.6 Å². The van der Waals surface area contributed by atoms with Crippen molar-refractivity contribution in [2.45, 2.75) is 31.9 Å². The number of hydrogen-bond acceptors (Lipinski definition) is 2. The van der Waals surface area contributed by atoms with E-state index in [9.17, 15) is 18.0 Å². The highest BCUT2D eigenvalue weighted by atomic mass is 35.5. The fourth-order valence-corrected chi connectivity index (χ4v) is 4.66. The number of benzene rings is 1. The Bertz CT molecular complexity index is 752. The fourth-order valence-electron chi connectivity index (χ4n) is 4.50. The van der Waals surface area contributed by atoms with Gasteiger partial charge in [-0.05, 0) is 54.5 Å². The summed E-state index contributed by atoms with van der Waals surface area (Å²) in [4.78, 5) is 12.3. The van der Waals surface area contributed by atoms with E-state index in [0.717, 1.165) is 5.56 Å². The van der Waals surface area contributed by atoms with E-state index in [1.807, 2.05) is 0 Å². The Morgan fingerprint density at radius 2 is 2.05 bits per heavy atom. The maximum atomic E-state index is 13.5. The lowest BCUT2D eigenvalue weighted by Gasteiger charge is -2.33. The molecule has 0 saturated heterocycles. The van der Waals surface area contributed by atoms with Crippen molar-refractivity contribution in [3.8, 4) is 0 Å². The number of anilines is 1. The number of hydrogen-bond donors (Lipinski definition) is 1. The highest BCUT2D eigenvalue weighted by Crippen LogP contribution is 2.64. The lowest BCUT2D eigenvalue weighted by molar-refractivity contribution is -0.132.